The predicted octanol–water partition coefficient (Wildman–Crippen LogP) is 8.25. The lowest BCUT2D eigenvalue weighted by molar-refractivity contribution is 0.473. The minimum Gasteiger partial charge on any atom is -0.310 e. The van der Waals surface area contributed by atoms with Gasteiger partial charge in [0.25, 0.3) is 0 Å². The van der Waals surface area contributed by atoms with Crippen LogP contribution in [0.2, 0.25) is 5.15 Å². The predicted molar refractivity (Wildman–Crippen MR) is 176 cm³/mol. The van der Waals surface area contributed by atoms with E-state index in [1.54, 1.807) is 0 Å². The van der Waals surface area contributed by atoms with Crippen LogP contribution in [-0.2, 0) is 18.5 Å². The highest BCUT2D eigenvalue weighted by molar-refractivity contribution is 14.1. The Hall–Kier alpha value is -3.52. The van der Waals surface area contributed by atoms with Gasteiger partial charge in [0.05, 0.1) is 16.6 Å². The SMILES string of the molecule is CC(Cc1nc(Cl)cc2c1c(I)nn2C(c1ccccc1)(c1ccccc1)c1ccccc1)NCc1ccccc1. The Morgan fingerprint density at radius 3 is 1.78 bits per heavy atom. The molecule has 2 aromatic heterocycles. The fourth-order valence-corrected chi connectivity index (χ4v) is 6.70. The summed E-state index contributed by atoms with van der Waals surface area (Å²) in [5, 5.41) is 10.4. The van der Waals surface area contributed by atoms with Crippen LogP contribution in [0.25, 0.3) is 10.9 Å². The number of nitrogens with zero attached hydrogens (tertiary/aromatic N) is 3. The number of hydrogen-bond acceptors (Lipinski definition) is 3. The molecule has 41 heavy (non-hydrogen) atoms. The molecule has 0 saturated heterocycles. The minimum atomic E-state index is -0.732. The summed E-state index contributed by atoms with van der Waals surface area (Å²) >= 11 is 9.13. The molecule has 1 atom stereocenters. The molecule has 6 aromatic rings. The van der Waals surface area contributed by atoms with E-state index >= 15 is 0 Å². The summed E-state index contributed by atoms with van der Waals surface area (Å²) < 4.78 is 3.06. The smallest absolute Gasteiger partial charge is 0.138 e. The van der Waals surface area contributed by atoms with Gasteiger partial charge < -0.3 is 5.32 Å². The van der Waals surface area contributed by atoms with Crippen molar-refractivity contribution in [3.05, 3.63) is 164 Å². The van der Waals surface area contributed by atoms with E-state index in [0.29, 0.717) is 5.15 Å². The third-order valence-electron chi connectivity index (χ3n) is 7.55. The van der Waals surface area contributed by atoms with E-state index in [4.69, 9.17) is 21.7 Å². The lowest BCUT2D eigenvalue weighted by Crippen LogP contribution is -2.38. The molecule has 0 aliphatic heterocycles. The van der Waals surface area contributed by atoms with Crippen molar-refractivity contribution in [1.82, 2.24) is 20.1 Å². The Labute approximate surface area is 259 Å². The van der Waals surface area contributed by atoms with Gasteiger partial charge in [0, 0.05) is 25.1 Å². The van der Waals surface area contributed by atoms with Crippen molar-refractivity contribution in [2.75, 3.05) is 0 Å². The Morgan fingerprint density at radius 2 is 1.27 bits per heavy atom. The lowest BCUT2D eigenvalue weighted by atomic mass is 9.77. The third-order valence-corrected chi connectivity index (χ3v) is 8.50. The second-order valence-electron chi connectivity index (χ2n) is 10.3. The Bertz CT molecular complexity index is 1640. The van der Waals surface area contributed by atoms with E-state index in [-0.39, 0.29) is 6.04 Å². The highest BCUT2D eigenvalue weighted by Crippen LogP contribution is 2.43. The second-order valence-corrected chi connectivity index (χ2v) is 11.7. The maximum absolute atomic E-state index is 6.77. The van der Waals surface area contributed by atoms with Crippen LogP contribution in [0.4, 0.5) is 0 Å². The Kier molecular flexibility index (Phi) is 8.19. The van der Waals surface area contributed by atoms with Crippen molar-refractivity contribution >= 4 is 45.1 Å². The van der Waals surface area contributed by atoms with Crippen LogP contribution in [0.3, 0.4) is 0 Å². The van der Waals surface area contributed by atoms with Crippen molar-refractivity contribution in [3.8, 4) is 0 Å². The molecule has 0 bridgehead atoms. The summed E-state index contributed by atoms with van der Waals surface area (Å²) in [7, 11) is 0. The molecule has 2 heterocycles. The lowest BCUT2D eigenvalue weighted by Gasteiger charge is -2.37. The normalized spacial score (nSPS) is 12.5. The number of pyridine rings is 1. The Morgan fingerprint density at radius 1 is 0.780 bits per heavy atom. The highest BCUT2D eigenvalue weighted by atomic mass is 127. The van der Waals surface area contributed by atoms with Gasteiger partial charge >= 0.3 is 0 Å². The summed E-state index contributed by atoms with van der Waals surface area (Å²) in [6, 6.07) is 44.4. The number of fused-ring (bicyclic) bond motifs is 1. The van der Waals surface area contributed by atoms with E-state index in [0.717, 1.165) is 50.0 Å². The molecule has 6 rings (SSSR count). The summed E-state index contributed by atoms with van der Waals surface area (Å²) in [5.74, 6) is 0. The van der Waals surface area contributed by atoms with E-state index in [1.165, 1.54) is 5.56 Å². The zero-order valence-corrected chi connectivity index (χ0v) is 25.6. The van der Waals surface area contributed by atoms with Crippen molar-refractivity contribution in [2.45, 2.75) is 31.5 Å². The molecule has 1 N–H and O–H groups in total. The monoisotopic (exact) mass is 668 g/mol. The number of rotatable bonds is 9. The van der Waals surface area contributed by atoms with E-state index < -0.39 is 5.54 Å². The number of nitrogens with one attached hydrogen (secondary N) is 1. The zero-order chi connectivity index (χ0) is 28.2. The van der Waals surface area contributed by atoms with E-state index in [2.05, 4.69) is 155 Å². The van der Waals surface area contributed by atoms with Gasteiger partial charge in [-0.2, -0.15) is 5.10 Å². The molecule has 0 fully saturated rings. The van der Waals surface area contributed by atoms with Crippen molar-refractivity contribution < 1.29 is 0 Å². The molecule has 4 aromatic carbocycles. The molecular formula is C35H30ClIN4. The quantitative estimate of drug-likeness (QED) is 0.0959. The van der Waals surface area contributed by atoms with Crippen LogP contribution in [0.5, 0.6) is 0 Å². The van der Waals surface area contributed by atoms with Gasteiger partial charge in [-0.15, -0.1) is 0 Å². The maximum Gasteiger partial charge on any atom is 0.138 e. The van der Waals surface area contributed by atoms with Crippen LogP contribution in [0.15, 0.2) is 127 Å². The first-order valence-corrected chi connectivity index (χ1v) is 15.2. The summed E-state index contributed by atoms with van der Waals surface area (Å²) in [4.78, 5) is 4.84. The first-order chi connectivity index (χ1) is 20.1. The largest absolute Gasteiger partial charge is 0.310 e. The molecule has 0 radical (unpaired) electrons. The molecule has 4 nitrogen and oxygen atoms in total. The molecular weight excluding hydrogens is 639 g/mol. The first kappa shape index (κ1) is 27.6. The van der Waals surface area contributed by atoms with Gasteiger partial charge in [-0.3, -0.25) is 0 Å². The number of aromatic nitrogens is 3. The van der Waals surface area contributed by atoms with Gasteiger partial charge in [-0.05, 0) is 51.8 Å². The van der Waals surface area contributed by atoms with Crippen molar-refractivity contribution in [3.63, 3.8) is 0 Å². The topological polar surface area (TPSA) is 42.7 Å². The molecule has 0 amide bonds. The van der Waals surface area contributed by atoms with E-state index in [1.807, 2.05) is 12.1 Å². The van der Waals surface area contributed by atoms with Crippen LogP contribution < -0.4 is 5.32 Å². The first-order valence-electron chi connectivity index (χ1n) is 13.8. The second kappa shape index (κ2) is 12.1. The molecule has 1 unspecified atom stereocenters. The summed E-state index contributed by atoms with van der Waals surface area (Å²) in [6.45, 7) is 2.98. The number of halogens is 2. The zero-order valence-electron chi connectivity index (χ0n) is 22.7. The van der Waals surface area contributed by atoms with Crippen LogP contribution >= 0.6 is 34.2 Å². The van der Waals surface area contributed by atoms with Crippen molar-refractivity contribution in [1.29, 1.82) is 0 Å². The van der Waals surface area contributed by atoms with Gasteiger partial charge in [-0.25, -0.2) is 9.67 Å². The maximum atomic E-state index is 6.77. The van der Waals surface area contributed by atoms with Gasteiger partial charge in [0.2, 0.25) is 0 Å². The van der Waals surface area contributed by atoms with Gasteiger partial charge in [-0.1, -0.05) is 133 Å². The molecule has 0 spiro atoms. The molecule has 6 heteroatoms. The van der Waals surface area contributed by atoms with Gasteiger partial charge in [0.1, 0.15) is 14.4 Å². The highest BCUT2D eigenvalue weighted by Gasteiger charge is 2.41. The fraction of sp³-hybridized carbons (Fsp3) is 0.143. The molecule has 204 valence electrons. The van der Waals surface area contributed by atoms with E-state index in [9.17, 15) is 0 Å². The molecule has 0 aliphatic carbocycles. The molecule has 0 aliphatic rings. The van der Waals surface area contributed by atoms with Crippen LogP contribution in [-0.4, -0.2) is 20.8 Å². The number of benzene rings is 4. The van der Waals surface area contributed by atoms with Crippen molar-refractivity contribution in [2.24, 2.45) is 0 Å². The fourth-order valence-electron chi connectivity index (χ4n) is 5.69. The molecule has 0 saturated carbocycles. The number of hydrogen-bond donors (Lipinski definition) is 1. The van der Waals surface area contributed by atoms with Gasteiger partial charge in [0.15, 0.2) is 0 Å². The summed E-state index contributed by atoms with van der Waals surface area (Å²) in [6.07, 6.45) is 0.723. The standard InChI is InChI=1S/C35H30ClIN4/c1-25(38-24-26-14-6-2-7-15-26)22-30-33-31(23-32(36)39-30)41(40-34(33)37)35(27-16-8-3-9-17-27,28-18-10-4-11-19-28)29-20-12-5-13-21-29/h2-21,23,25,38H,22,24H2,1H3. The van der Waals surface area contributed by atoms with Crippen LogP contribution in [0.1, 0.15) is 34.9 Å². The van der Waals surface area contributed by atoms with Crippen LogP contribution in [0, 0.1) is 3.70 Å². The minimum absolute atomic E-state index is 0.186. The summed E-state index contributed by atoms with van der Waals surface area (Å²) in [5.41, 5.74) is 5.77. The average Bonchev–Trinajstić information content (AvgIpc) is 3.34. The third kappa shape index (κ3) is 5.42. The average molecular weight is 669 g/mol. The Balaban J connectivity index is 1.54.